The van der Waals surface area contributed by atoms with E-state index in [1.165, 1.54) is 61.1 Å². The van der Waals surface area contributed by atoms with E-state index in [2.05, 4.69) is 53.4 Å². The summed E-state index contributed by atoms with van der Waals surface area (Å²) in [7, 11) is 3.45. The highest BCUT2D eigenvalue weighted by atomic mass is 16.5. The van der Waals surface area contributed by atoms with Crippen LogP contribution < -0.4 is 20.1 Å². The standard InChI is InChI=1S/C26H40N3O2/c1-30-25-12-8-23(9-13-25)22-29(19-7-5-3-4-6-16-27)20-17-28(18-21-29)24-10-14-26(31-2)15-11-24/h8-15H,3-7,16-22,27H2,1-2H3/q+1. The first-order valence-electron chi connectivity index (χ1n) is 11.8. The number of unbranched alkanes of at least 4 members (excludes halogenated alkanes) is 4. The van der Waals surface area contributed by atoms with Crippen molar-refractivity contribution < 1.29 is 14.0 Å². The topological polar surface area (TPSA) is 47.7 Å². The lowest BCUT2D eigenvalue weighted by atomic mass is 10.1. The molecular weight excluding hydrogens is 386 g/mol. The van der Waals surface area contributed by atoms with Gasteiger partial charge in [0.15, 0.2) is 0 Å². The van der Waals surface area contributed by atoms with Crippen LogP contribution in [0.25, 0.3) is 0 Å². The molecule has 5 heteroatoms. The van der Waals surface area contributed by atoms with Gasteiger partial charge in [0.25, 0.3) is 0 Å². The lowest BCUT2D eigenvalue weighted by Gasteiger charge is -2.46. The van der Waals surface area contributed by atoms with E-state index in [-0.39, 0.29) is 0 Å². The number of rotatable bonds is 12. The van der Waals surface area contributed by atoms with E-state index in [0.717, 1.165) is 44.1 Å². The third-order valence-corrected chi connectivity index (χ3v) is 6.64. The van der Waals surface area contributed by atoms with Gasteiger partial charge in [0, 0.05) is 11.3 Å². The smallest absolute Gasteiger partial charge is 0.119 e. The fourth-order valence-electron chi connectivity index (χ4n) is 4.64. The molecule has 1 aliphatic heterocycles. The number of hydrogen-bond donors (Lipinski definition) is 1. The van der Waals surface area contributed by atoms with Crippen LogP contribution in [0.1, 0.15) is 37.7 Å². The van der Waals surface area contributed by atoms with Crippen LogP contribution in [-0.2, 0) is 6.54 Å². The van der Waals surface area contributed by atoms with Crippen LogP contribution in [0.15, 0.2) is 48.5 Å². The number of piperazine rings is 1. The minimum atomic E-state index is 0.818. The van der Waals surface area contributed by atoms with Gasteiger partial charge in [-0.3, -0.25) is 0 Å². The summed E-state index contributed by atoms with van der Waals surface area (Å²) in [6.45, 7) is 7.72. The lowest BCUT2D eigenvalue weighted by molar-refractivity contribution is -0.941. The van der Waals surface area contributed by atoms with E-state index in [1.54, 1.807) is 14.2 Å². The van der Waals surface area contributed by atoms with Crippen molar-refractivity contribution in [2.45, 2.75) is 38.6 Å². The minimum absolute atomic E-state index is 0.818. The maximum atomic E-state index is 5.64. The Labute approximate surface area is 188 Å². The number of nitrogens with zero attached hydrogens (tertiary/aromatic N) is 2. The Hall–Kier alpha value is -2.24. The van der Waals surface area contributed by atoms with Crippen molar-refractivity contribution in [1.82, 2.24) is 0 Å². The van der Waals surface area contributed by atoms with Gasteiger partial charge in [0.05, 0.1) is 46.9 Å². The monoisotopic (exact) mass is 426 g/mol. The molecule has 31 heavy (non-hydrogen) atoms. The van der Waals surface area contributed by atoms with Crippen LogP contribution in [-0.4, -0.2) is 58.0 Å². The number of benzene rings is 2. The molecule has 170 valence electrons. The second-order valence-corrected chi connectivity index (χ2v) is 8.76. The lowest BCUT2D eigenvalue weighted by Crippen LogP contribution is -2.59. The Morgan fingerprint density at radius 3 is 1.90 bits per heavy atom. The summed E-state index contributed by atoms with van der Waals surface area (Å²) < 4.78 is 11.8. The summed E-state index contributed by atoms with van der Waals surface area (Å²) >= 11 is 0. The van der Waals surface area contributed by atoms with Crippen molar-refractivity contribution in [3.8, 4) is 11.5 Å². The molecule has 1 saturated heterocycles. The van der Waals surface area contributed by atoms with E-state index < -0.39 is 0 Å². The highest BCUT2D eigenvalue weighted by molar-refractivity contribution is 5.49. The molecule has 2 aromatic rings. The first-order chi connectivity index (χ1) is 15.2. The van der Waals surface area contributed by atoms with Crippen molar-refractivity contribution in [2.75, 3.05) is 58.4 Å². The van der Waals surface area contributed by atoms with Gasteiger partial charge in [-0.2, -0.15) is 0 Å². The predicted molar refractivity (Wildman–Crippen MR) is 129 cm³/mol. The maximum absolute atomic E-state index is 5.64. The Morgan fingerprint density at radius 2 is 1.32 bits per heavy atom. The fraction of sp³-hybridized carbons (Fsp3) is 0.538. The Bertz CT molecular complexity index is 753. The molecular formula is C26H40N3O2+. The first-order valence-corrected chi connectivity index (χ1v) is 11.8. The fourth-order valence-corrected chi connectivity index (χ4v) is 4.64. The van der Waals surface area contributed by atoms with Crippen LogP contribution in [0.5, 0.6) is 11.5 Å². The van der Waals surface area contributed by atoms with E-state index in [0.29, 0.717) is 0 Å². The summed E-state index contributed by atoms with van der Waals surface area (Å²) in [5.41, 5.74) is 8.34. The quantitative estimate of drug-likeness (QED) is 0.402. The molecule has 1 aliphatic rings. The van der Waals surface area contributed by atoms with Crippen molar-refractivity contribution >= 4 is 5.69 Å². The Kier molecular flexibility index (Phi) is 9.04. The van der Waals surface area contributed by atoms with Crippen LogP contribution in [0.3, 0.4) is 0 Å². The molecule has 0 atom stereocenters. The highest BCUT2D eigenvalue weighted by Gasteiger charge is 2.33. The molecule has 3 rings (SSSR count). The number of anilines is 1. The molecule has 5 nitrogen and oxygen atoms in total. The van der Waals surface area contributed by atoms with Crippen molar-refractivity contribution in [2.24, 2.45) is 5.73 Å². The molecule has 0 radical (unpaired) electrons. The van der Waals surface area contributed by atoms with Crippen molar-refractivity contribution in [3.63, 3.8) is 0 Å². The normalized spacial score (nSPS) is 15.6. The number of hydrogen-bond acceptors (Lipinski definition) is 4. The van der Waals surface area contributed by atoms with Gasteiger partial charge in [0.2, 0.25) is 0 Å². The van der Waals surface area contributed by atoms with E-state index in [9.17, 15) is 0 Å². The van der Waals surface area contributed by atoms with Gasteiger partial charge in [-0.25, -0.2) is 0 Å². The summed E-state index contributed by atoms with van der Waals surface area (Å²) in [4.78, 5) is 2.52. The molecule has 0 aliphatic carbocycles. The van der Waals surface area contributed by atoms with Gasteiger partial charge in [-0.1, -0.05) is 12.8 Å². The molecule has 0 saturated carbocycles. The SMILES string of the molecule is COc1ccc(C[N+]2(CCCCCCCN)CCN(c3ccc(OC)cc3)CC2)cc1. The van der Waals surface area contributed by atoms with Crippen LogP contribution in [0.4, 0.5) is 5.69 Å². The zero-order chi connectivity index (χ0) is 21.9. The van der Waals surface area contributed by atoms with Gasteiger partial charge < -0.3 is 24.6 Å². The van der Waals surface area contributed by atoms with Crippen molar-refractivity contribution in [1.29, 1.82) is 0 Å². The van der Waals surface area contributed by atoms with E-state index in [1.807, 2.05) is 0 Å². The summed E-state index contributed by atoms with van der Waals surface area (Å²) in [5, 5.41) is 0. The molecule has 0 spiro atoms. The third-order valence-electron chi connectivity index (χ3n) is 6.64. The molecule has 0 bridgehead atoms. The van der Waals surface area contributed by atoms with E-state index >= 15 is 0 Å². The molecule has 1 fully saturated rings. The Morgan fingerprint density at radius 1 is 0.774 bits per heavy atom. The van der Waals surface area contributed by atoms with Gasteiger partial charge >= 0.3 is 0 Å². The summed E-state index contributed by atoms with van der Waals surface area (Å²) in [5.74, 6) is 1.85. The van der Waals surface area contributed by atoms with Crippen LogP contribution in [0, 0.1) is 0 Å². The average molecular weight is 427 g/mol. The number of methoxy groups -OCH3 is 2. The van der Waals surface area contributed by atoms with Gasteiger partial charge in [-0.15, -0.1) is 0 Å². The van der Waals surface area contributed by atoms with E-state index in [4.69, 9.17) is 15.2 Å². The highest BCUT2D eigenvalue weighted by Crippen LogP contribution is 2.26. The maximum Gasteiger partial charge on any atom is 0.119 e. The zero-order valence-electron chi connectivity index (χ0n) is 19.4. The molecule has 2 aromatic carbocycles. The van der Waals surface area contributed by atoms with Crippen LogP contribution in [0.2, 0.25) is 0 Å². The second kappa shape index (κ2) is 12.0. The number of nitrogens with two attached hydrogens (primary N) is 1. The van der Waals surface area contributed by atoms with Crippen LogP contribution >= 0.6 is 0 Å². The first kappa shape index (κ1) is 23.4. The summed E-state index contributed by atoms with van der Waals surface area (Å²) in [6.07, 6.45) is 6.33. The molecule has 0 amide bonds. The number of ether oxygens (including phenoxy) is 2. The van der Waals surface area contributed by atoms with Gasteiger partial charge in [0.1, 0.15) is 18.0 Å². The number of quaternary nitrogens is 1. The minimum Gasteiger partial charge on any atom is -0.497 e. The molecule has 0 aromatic heterocycles. The molecule has 2 N–H and O–H groups in total. The molecule has 0 unspecified atom stereocenters. The molecule has 1 heterocycles. The van der Waals surface area contributed by atoms with Gasteiger partial charge in [-0.05, 0) is 74.3 Å². The zero-order valence-corrected chi connectivity index (χ0v) is 19.4. The summed E-state index contributed by atoms with van der Waals surface area (Å²) in [6, 6.07) is 17.1. The second-order valence-electron chi connectivity index (χ2n) is 8.76. The predicted octanol–water partition coefficient (Wildman–Crippen LogP) is 4.45. The third kappa shape index (κ3) is 6.88. The Balaban J connectivity index is 1.62. The average Bonchev–Trinajstić information content (AvgIpc) is 2.82. The largest absolute Gasteiger partial charge is 0.497 e. The van der Waals surface area contributed by atoms with Crippen molar-refractivity contribution in [3.05, 3.63) is 54.1 Å².